The highest BCUT2D eigenvalue weighted by Crippen LogP contribution is 2.12. The molecule has 2 aromatic rings. The van der Waals surface area contributed by atoms with Crippen LogP contribution in [0.25, 0.3) is 0 Å². The molecule has 0 radical (unpaired) electrons. The van der Waals surface area contributed by atoms with E-state index in [0.29, 0.717) is 5.56 Å². The molecule has 0 atom stereocenters. The van der Waals surface area contributed by atoms with Crippen LogP contribution in [-0.4, -0.2) is 20.5 Å². The van der Waals surface area contributed by atoms with Crippen LogP contribution < -0.4 is 15.4 Å². The lowest BCUT2D eigenvalue weighted by atomic mass is 10.1. The van der Waals surface area contributed by atoms with Gasteiger partial charge in [0, 0.05) is 12.6 Å². The largest absolute Gasteiger partial charge is 0.334 e. The molecule has 0 unspecified atom stereocenters. The fraction of sp³-hybridized carbons (Fsp3) is 0.278. The van der Waals surface area contributed by atoms with E-state index in [0.717, 1.165) is 5.56 Å². The van der Waals surface area contributed by atoms with Gasteiger partial charge in [-0.15, -0.1) is 0 Å². The first-order valence-corrected chi connectivity index (χ1v) is 9.77. The first-order valence-electron chi connectivity index (χ1n) is 8.12. The van der Waals surface area contributed by atoms with Gasteiger partial charge in [0.25, 0.3) is 0 Å². The third-order valence-corrected chi connectivity index (χ3v) is 4.91. The zero-order chi connectivity index (χ0) is 19.2. The van der Waals surface area contributed by atoms with Crippen molar-refractivity contribution in [2.75, 3.05) is 5.32 Å². The molecule has 2 rings (SSSR count). The number of anilines is 1. The molecule has 2 amide bonds. The van der Waals surface area contributed by atoms with Gasteiger partial charge < -0.3 is 10.6 Å². The monoisotopic (exact) mass is 379 g/mol. The predicted octanol–water partition coefficient (Wildman–Crippen LogP) is 2.98. The lowest BCUT2D eigenvalue weighted by molar-refractivity contribution is 0.251. The summed E-state index contributed by atoms with van der Waals surface area (Å²) in [5.74, 6) is -0.615. The summed E-state index contributed by atoms with van der Waals surface area (Å²) in [7, 11) is -3.38. The first-order chi connectivity index (χ1) is 12.2. The van der Waals surface area contributed by atoms with Gasteiger partial charge in [0.05, 0.1) is 11.4 Å². The van der Waals surface area contributed by atoms with Gasteiger partial charge in [-0.3, -0.25) is 0 Å². The summed E-state index contributed by atoms with van der Waals surface area (Å²) in [5.41, 5.74) is 1.55. The zero-order valence-electron chi connectivity index (χ0n) is 14.6. The molecule has 0 aliphatic carbocycles. The molecule has 2 aromatic carbocycles. The molecule has 0 heterocycles. The quantitative estimate of drug-likeness (QED) is 0.691. The molecule has 0 fully saturated rings. The molecule has 0 aliphatic heterocycles. The fourth-order valence-corrected chi connectivity index (χ4v) is 3.72. The Bertz CT molecular complexity index is 852. The van der Waals surface area contributed by atoms with Gasteiger partial charge in [0.15, 0.2) is 0 Å². The molecule has 0 spiro atoms. The number of nitrogens with one attached hydrogen (secondary N) is 3. The normalized spacial score (nSPS) is 11.4. The van der Waals surface area contributed by atoms with E-state index in [1.165, 1.54) is 18.2 Å². The number of halogens is 1. The van der Waals surface area contributed by atoms with Crippen molar-refractivity contribution in [1.82, 2.24) is 10.0 Å². The second-order valence-corrected chi connectivity index (χ2v) is 7.89. The third-order valence-electron chi connectivity index (χ3n) is 3.37. The van der Waals surface area contributed by atoms with Gasteiger partial charge in [0.1, 0.15) is 5.82 Å². The van der Waals surface area contributed by atoms with Crippen molar-refractivity contribution < 1.29 is 17.6 Å². The van der Waals surface area contributed by atoms with Crippen molar-refractivity contribution in [2.45, 2.75) is 32.2 Å². The highest BCUT2D eigenvalue weighted by Gasteiger charge is 2.13. The van der Waals surface area contributed by atoms with Gasteiger partial charge in [-0.05, 0) is 37.1 Å². The molecule has 0 aliphatic rings. The van der Waals surface area contributed by atoms with Gasteiger partial charge in [-0.25, -0.2) is 22.3 Å². The van der Waals surface area contributed by atoms with E-state index in [1.54, 1.807) is 44.2 Å². The van der Waals surface area contributed by atoms with Crippen LogP contribution in [-0.2, 0) is 22.3 Å². The number of urea groups is 1. The van der Waals surface area contributed by atoms with E-state index in [2.05, 4.69) is 15.4 Å². The minimum Gasteiger partial charge on any atom is -0.334 e. The minimum absolute atomic E-state index is 0.100. The van der Waals surface area contributed by atoms with Crippen molar-refractivity contribution in [1.29, 1.82) is 0 Å². The summed E-state index contributed by atoms with van der Waals surface area (Å²) in [5, 5.41) is 5.05. The Morgan fingerprint density at radius 1 is 1.04 bits per heavy atom. The van der Waals surface area contributed by atoms with Crippen LogP contribution in [0.2, 0.25) is 0 Å². The summed E-state index contributed by atoms with van der Waals surface area (Å²) in [4.78, 5) is 11.8. The maximum atomic E-state index is 13.5. The van der Waals surface area contributed by atoms with Gasteiger partial charge in [0.2, 0.25) is 10.0 Å². The predicted molar refractivity (Wildman–Crippen MR) is 99.6 cm³/mol. The van der Waals surface area contributed by atoms with Crippen LogP contribution in [0.15, 0.2) is 48.5 Å². The summed E-state index contributed by atoms with van der Waals surface area (Å²) in [6.07, 6.45) is 0. The van der Waals surface area contributed by atoms with E-state index in [4.69, 9.17) is 0 Å². The van der Waals surface area contributed by atoms with E-state index < -0.39 is 21.9 Å². The maximum absolute atomic E-state index is 13.5. The number of amides is 2. The van der Waals surface area contributed by atoms with Gasteiger partial charge in [-0.2, -0.15) is 0 Å². The van der Waals surface area contributed by atoms with Crippen LogP contribution in [0.5, 0.6) is 0 Å². The standard InChI is InChI=1S/C18H22FN3O3S/c1-13(2)22-26(24,25)12-15-9-7-14(8-10-15)11-20-18(23)21-17-6-4-3-5-16(17)19/h3-10,13,22H,11-12H2,1-2H3,(H2,20,21,23). The summed E-state index contributed by atoms with van der Waals surface area (Å²) < 4.78 is 39.8. The first kappa shape index (κ1) is 19.9. The Morgan fingerprint density at radius 3 is 2.27 bits per heavy atom. The molecular weight excluding hydrogens is 357 g/mol. The van der Waals surface area contributed by atoms with E-state index in [1.807, 2.05) is 0 Å². The van der Waals surface area contributed by atoms with Crippen molar-refractivity contribution in [2.24, 2.45) is 0 Å². The van der Waals surface area contributed by atoms with Crippen LogP contribution in [0.4, 0.5) is 14.9 Å². The topological polar surface area (TPSA) is 87.3 Å². The SMILES string of the molecule is CC(C)NS(=O)(=O)Cc1ccc(CNC(=O)Nc2ccccc2F)cc1. The van der Waals surface area contributed by atoms with Gasteiger partial charge >= 0.3 is 6.03 Å². The second kappa shape index (κ2) is 8.77. The molecule has 26 heavy (non-hydrogen) atoms. The number of benzene rings is 2. The number of carbonyl (C=O) groups is 1. The second-order valence-electron chi connectivity index (χ2n) is 6.14. The Kier molecular flexibility index (Phi) is 6.70. The summed E-state index contributed by atoms with van der Waals surface area (Å²) in [6.45, 7) is 3.76. The van der Waals surface area contributed by atoms with Crippen LogP contribution in [0, 0.1) is 5.82 Å². The molecule has 140 valence electrons. The molecule has 3 N–H and O–H groups in total. The average Bonchev–Trinajstić information content (AvgIpc) is 2.55. The zero-order valence-corrected chi connectivity index (χ0v) is 15.4. The molecule has 0 bridgehead atoms. The smallest absolute Gasteiger partial charge is 0.319 e. The fourth-order valence-electron chi connectivity index (χ4n) is 2.28. The lowest BCUT2D eigenvalue weighted by Crippen LogP contribution is -2.31. The van der Waals surface area contributed by atoms with Crippen LogP contribution in [0.3, 0.4) is 0 Å². The van der Waals surface area contributed by atoms with E-state index >= 15 is 0 Å². The van der Waals surface area contributed by atoms with Gasteiger partial charge in [-0.1, -0.05) is 36.4 Å². The van der Waals surface area contributed by atoms with Crippen molar-refractivity contribution in [3.8, 4) is 0 Å². The number of carbonyl (C=O) groups excluding carboxylic acids is 1. The van der Waals surface area contributed by atoms with Crippen molar-refractivity contribution in [3.05, 3.63) is 65.5 Å². The maximum Gasteiger partial charge on any atom is 0.319 e. The Hall–Kier alpha value is -2.45. The molecule has 0 saturated heterocycles. The van der Waals surface area contributed by atoms with Crippen molar-refractivity contribution >= 4 is 21.7 Å². The summed E-state index contributed by atoms with van der Waals surface area (Å²) in [6, 6.07) is 12.1. The molecule has 0 saturated carbocycles. The van der Waals surface area contributed by atoms with Crippen LogP contribution in [0.1, 0.15) is 25.0 Å². The molecule has 8 heteroatoms. The minimum atomic E-state index is -3.38. The molecular formula is C18H22FN3O3S. The Labute approximate surface area is 152 Å². The lowest BCUT2D eigenvalue weighted by Gasteiger charge is -2.10. The van der Waals surface area contributed by atoms with Crippen LogP contribution >= 0.6 is 0 Å². The van der Waals surface area contributed by atoms with E-state index in [9.17, 15) is 17.6 Å². The highest BCUT2D eigenvalue weighted by atomic mass is 32.2. The number of rotatable bonds is 7. The number of hydrogen-bond donors (Lipinski definition) is 3. The number of sulfonamides is 1. The molecule has 6 nitrogen and oxygen atoms in total. The Balaban J connectivity index is 1.87. The summed E-state index contributed by atoms with van der Waals surface area (Å²) >= 11 is 0. The Morgan fingerprint density at radius 2 is 1.65 bits per heavy atom. The van der Waals surface area contributed by atoms with E-state index in [-0.39, 0.29) is 24.0 Å². The number of para-hydroxylation sites is 1. The highest BCUT2D eigenvalue weighted by molar-refractivity contribution is 7.88. The molecule has 0 aromatic heterocycles. The average molecular weight is 379 g/mol. The number of hydrogen-bond acceptors (Lipinski definition) is 3. The third kappa shape index (κ3) is 6.45. The van der Waals surface area contributed by atoms with Crippen molar-refractivity contribution in [3.63, 3.8) is 0 Å².